The molecule has 1 N–H and O–H groups in total. The summed E-state index contributed by atoms with van der Waals surface area (Å²) in [4.78, 5) is 14.8. The maximum Gasteiger partial charge on any atom is 0.244 e. The molecule has 124 valence electrons. The topological polar surface area (TPSA) is 32.3 Å². The molecule has 3 heteroatoms. The van der Waals surface area contributed by atoms with Crippen molar-refractivity contribution in [2.75, 3.05) is 7.05 Å². The Hall–Kier alpha value is -2.13. The quantitative estimate of drug-likeness (QED) is 0.877. The Bertz CT molecular complexity index is 763. The minimum Gasteiger partial charge on any atom is -0.350 e. The van der Waals surface area contributed by atoms with E-state index in [0.717, 1.165) is 18.4 Å². The predicted octanol–water partition coefficient (Wildman–Crippen LogP) is 3.59. The second kappa shape index (κ2) is 6.40. The van der Waals surface area contributed by atoms with Crippen molar-refractivity contribution >= 4 is 22.8 Å². The fourth-order valence-corrected chi connectivity index (χ4v) is 4.34. The van der Waals surface area contributed by atoms with Crippen molar-refractivity contribution in [3.05, 3.63) is 54.1 Å². The van der Waals surface area contributed by atoms with E-state index in [1.807, 2.05) is 24.3 Å². The van der Waals surface area contributed by atoms with E-state index >= 15 is 0 Å². The first-order valence-electron chi connectivity index (χ1n) is 8.89. The zero-order valence-electron chi connectivity index (χ0n) is 14.1. The molecule has 0 aliphatic carbocycles. The molecule has 2 heterocycles. The SMILES string of the molecule is CN1[C@H]2CC[C@H]1CC(NC(=O)/C=C/c1cccc3ccccc13)C2. The number of nitrogens with one attached hydrogen (secondary N) is 1. The van der Waals surface area contributed by atoms with Gasteiger partial charge in [0.15, 0.2) is 0 Å². The predicted molar refractivity (Wildman–Crippen MR) is 98.7 cm³/mol. The molecule has 2 fully saturated rings. The molecule has 0 unspecified atom stereocenters. The third-order valence-electron chi connectivity index (χ3n) is 5.68. The zero-order valence-corrected chi connectivity index (χ0v) is 14.1. The van der Waals surface area contributed by atoms with Gasteiger partial charge in [-0.1, -0.05) is 42.5 Å². The smallest absolute Gasteiger partial charge is 0.244 e. The van der Waals surface area contributed by atoms with Gasteiger partial charge in [-0.3, -0.25) is 4.79 Å². The third kappa shape index (κ3) is 2.96. The number of nitrogens with zero attached hydrogens (tertiary/aromatic N) is 1. The van der Waals surface area contributed by atoms with E-state index in [1.54, 1.807) is 6.08 Å². The number of piperidine rings is 1. The highest BCUT2D eigenvalue weighted by atomic mass is 16.1. The van der Waals surface area contributed by atoms with E-state index in [0.29, 0.717) is 18.1 Å². The standard InChI is InChI=1S/C21H24N2O/c1-23-18-10-11-19(23)14-17(13-18)22-21(24)12-9-16-7-4-6-15-5-2-3-8-20(15)16/h2-9,12,17-19H,10-11,13-14H2,1H3,(H,22,24)/b12-9+/t18-,19-/m0/s1. The van der Waals surface area contributed by atoms with Crippen LogP contribution in [0.4, 0.5) is 0 Å². The van der Waals surface area contributed by atoms with Gasteiger partial charge in [0.05, 0.1) is 0 Å². The second-order valence-corrected chi connectivity index (χ2v) is 7.13. The number of benzene rings is 2. The molecule has 2 aromatic rings. The van der Waals surface area contributed by atoms with Gasteiger partial charge in [0.1, 0.15) is 0 Å². The number of fused-ring (bicyclic) bond motifs is 3. The summed E-state index contributed by atoms with van der Waals surface area (Å²) in [6, 6.07) is 16.1. The van der Waals surface area contributed by atoms with Gasteiger partial charge in [0.25, 0.3) is 0 Å². The molecule has 2 aromatic carbocycles. The Kier molecular flexibility index (Phi) is 4.11. The number of rotatable bonds is 3. The number of hydrogen-bond donors (Lipinski definition) is 1. The van der Waals surface area contributed by atoms with E-state index in [2.05, 4.69) is 41.5 Å². The zero-order chi connectivity index (χ0) is 16.5. The highest BCUT2D eigenvalue weighted by Gasteiger charge is 2.38. The summed E-state index contributed by atoms with van der Waals surface area (Å²) in [6.45, 7) is 0. The van der Waals surface area contributed by atoms with E-state index < -0.39 is 0 Å². The summed E-state index contributed by atoms with van der Waals surface area (Å²) in [5, 5.41) is 5.59. The molecular weight excluding hydrogens is 296 g/mol. The van der Waals surface area contributed by atoms with Gasteiger partial charge in [0.2, 0.25) is 5.91 Å². The third-order valence-corrected chi connectivity index (χ3v) is 5.68. The maximum atomic E-state index is 12.3. The van der Waals surface area contributed by atoms with Crippen LogP contribution in [0.1, 0.15) is 31.2 Å². The highest BCUT2D eigenvalue weighted by molar-refractivity contribution is 5.96. The van der Waals surface area contributed by atoms with Gasteiger partial charge in [-0.15, -0.1) is 0 Å². The summed E-state index contributed by atoms with van der Waals surface area (Å²) in [6.07, 6.45) is 8.34. The van der Waals surface area contributed by atoms with E-state index in [1.165, 1.54) is 23.6 Å². The van der Waals surface area contributed by atoms with Crippen molar-refractivity contribution in [3.63, 3.8) is 0 Å². The summed E-state index contributed by atoms with van der Waals surface area (Å²) in [5.74, 6) is 0.0249. The molecule has 2 saturated heterocycles. The summed E-state index contributed by atoms with van der Waals surface area (Å²) >= 11 is 0. The summed E-state index contributed by atoms with van der Waals surface area (Å²) < 4.78 is 0. The van der Waals surface area contributed by atoms with Crippen LogP contribution in [0, 0.1) is 0 Å². The van der Waals surface area contributed by atoms with Crippen LogP contribution >= 0.6 is 0 Å². The van der Waals surface area contributed by atoms with Crippen molar-refractivity contribution in [1.29, 1.82) is 0 Å². The molecule has 0 aromatic heterocycles. The van der Waals surface area contributed by atoms with Crippen LogP contribution in [0.5, 0.6) is 0 Å². The summed E-state index contributed by atoms with van der Waals surface area (Å²) in [5.41, 5.74) is 1.09. The molecule has 1 amide bonds. The second-order valence-electron chi connectivity index (χ2n) is 7.13. The van der Waals surface area contributed by atoms with Crippen molar-refractivity contribution in [3.8, 4) is 0 Å². The van der Waals surface area contributed by atoms with Gasteiger partial charge in [-0.05, 0) is 55.1 Å². The minimum atomic E-state index is 0.0249. The van der Waals surface area contributed by atoms with Gasteiger partial charge < -0.3 is 10.2 Å². The van der Waals surface area contributed by atoms with E-state index in [4.69, 9.17) is 0 Å². The molecule has 2 bridgehead atoms. The van der Waals surface area contributed by atoms with Crippen molar-refractivity contribution in [1.82, 2.24) is 10.2 Å². The Labute approximate surface area is 143 Å². The molecule has 2 atom stereocenters. The van der Waals surface area contributed by atoms with Crippen molar-refractivity contribution < 1.29 is 4.79 Å². The number of amides is 1. The number of hydrogen-bond acceptors (Lipinski definition) is 2. The molecule has 0 radical (unpaired) electrons. The van der Waals surface area contributed by atoms with E-state index in [9.17, 15) is 4.79 Å². The normalized spacial score (nSPS) is 27.0. The first kappa shape index (κ1) is 15.4. The van der Waals surface area contributed by atoms with Gasteiger partial charge >= 0.3 is 0 Å². The lowest BCUT2D eigenvalue weighted by atomic mass is 9.98. The van der Waals surface area contributed by atoms with Gasteiger partial charge in [-0.2, -0.15) is 0 Å². The average Bonchev–Trinajstić information content (AvgIpc) is 2.81. The Morgan fingerprint density at radius 2 is 1.79 bits per heavy atom. The lowest BCUT2D eigenvalue weighted by Gasteiger charge is -2.36. The van der Waals surface area contributed by atoms with E-state index in [-0.39, 0.29) is 5.91 Å². The Morgan fingerprint density at radius 3 is 2.58 bits per heavy atom. The van der Waals surface area contributed by atoms with Crippen LogP contribution in [-0.2, 0) is 4.79 Å². The lowest BCUT2D eigenvalue weighted by Crippen LogP contribution is -2.48. The fourth-order valence-electron chi connectivity index (χ4n) is 4.34. The van der Waals surface area contributed by atoms with Crippen LogP contribution in [-0.4, -0.2) is 36.0 Å². The van der Waals surface area contributed by atoms with Crippen LogP contribution in [0.3, 0.4) is 0 Å². The monoisotopic (exact) mass is 320 g/mol. The first-order valence-corrected chi connectivity index (χ1v) is 8.89. The fraction of sp³-hybridized carbons (Fsp3) is 0.381. The van der Waals surface area contributed by atoms with Gasteiger partial charge in [0, 0.05) is 24.2 Å². The molecule has 2 aliphatic heterocycles. The molecule has 0 saturated carbocycles. The van der Waals surface area contributed by atoms with Crippen LogP contribution in [0.2, 0.25) is 0 Å². The first-order chi connectivity index (χ1) is 11.7. The molecule has 0 spiro atoms. The highest BCUT2D eigenvalue weighted by Crippen LogP contribution is 2.34. The number of carbonyl (C=O) groups excluding carboxylic acids is 1. The molecule has 3 nitrogen and oxygen atoms in total. The molecular formula is C21H24N2O. The van der Waals surface area contributed by atoms with Crippen molar-refractivity contribution in [2.45, 2.75) is 43.8 Å². The molecule has 4 rings (SSSR count). The average molecular weight is 320 g/mol. The maximum absolute atomic E-state index is 12.3. The summed E-state index contributed by atoms with van der Waals surface area (Å²) in [7, 11) is 2.22. The lowest BCUT2D eigenvalue weighted by molar-refractivity contribution is -0.117. The Balaban J connectivity index is 1.43. The van der Waals surface area contributed by atoms with Crippen LogP contribution < -0.4 is 5.32 Å². The van der Waals surface area contributed by atoms with Gasteiger partial charge in [-0.25, -0.2) is 0 Å². The molecule has 24 heavy (non-hydrogen) atoms. The minimum absolute atomic E-state index is 0.0249. The van der Waals surface area contributed by atoms with Crippen molar-refractivity contribution in [2.24, 2.45) is 0 Å². The Morgan fingerprint density at radius 1 is 1.08 bits per heavy atom. The largest absolute Gasteiger partial charge is 0.350 e. The van der Waals surface area contributed by atoms with Crippen LogP contribution in [0.15, 0.2) is 48.5 Å². The van der Waals surface area contributed by atoms with Crippen LogP contribution in [0.25, 0.3) is 16.8 Å². The number of carbonyl (C=O) groups is 1. The molecule has 2 aliphatic rings.